The number of nitrogens with one attached hydrogen (secondary N) is 1. The van der Waals surface area contributed by atoms with Crippen LogP contribution in [-0.4, -0.2) is 68.1 Å². The number of ether oxygens (including phenoxy) is 2. The monoisotopic (exact) mass is 356 g/mol. The lowest BCUT2D eigenvalue weighted by Crippen LogP contribution is -2.47. The minimum Gasteiger partial charge on any atom is -0.497 e. The fourth-order valence-corrected chi connectivity index (χ4v) is 2.83. The SMILES string of the molecule is COc1ccc(OC)c(Nc2ccc(C(=O)N3CCN(C)CC3)nc2)c1. The number of rotatable bonds is 5. The number of carbonyl (C=O) groups excluding carboxylic acids is 1. The van der Waals surface area contributed by atoms with Crippen LogP contribution < -0.4 is 14.8 Å². The van der Waals surface area contributed by atoms with E-state index in [1.807, 2.05) is 29.2 Å². The summed E-state index contributed by atoms with van der Waals surface area (Å²) in [4.78, 5) is 20.9. The zero-order valence-corrected chi connectivity index (χ0v) is 15.4. The van der Waals surface area contributed by atoms with Crippen molar-refractivity contribution in [2.45, 2.75) is 0 Å². The molecule has 1 aromatic carbocycles. The Morgan fingerprint density at radius 3 is 2.46 bits per heavy atom. The quantitative estimate of drug-likeness (QED) is 0.886. The minimum atomic E-state index is -0.0244. The van der Waals surface area contributed by atoms with Gasteiger partial charge in [0.1, 0.15) is 17.2 Å². The Balaban J connectivity index is 1.71. The number of hydrogen-bond acceptors (Lipinski definition) is 6. The Kier molecular flexibility index (Phi) is 5.58. The molecule has 0 aliphatic carbocycles. The van der Waals surface area contributed by atoms with Gasteiger partial charge in [-0.3, -0.25) is 4.79 Å². The molecule has 2 heterocycles. The zero-order chi connectivity index (χ0) is 18.5. The molecule has 2 aromatic rings. The van der Waals surface area contributed by atoms with Crippen LogP contribution in [0.2, 0.25) is 0 Å². The lowest BCUT2D eigenvalue weighted by molar-refractivity contribution is 0.0658. The first kappa shape index (κ1) is 18.0. The number of benzene rings is 1. The van der Waals surface area contributed by atoms with Gasteiger partial charge < -0.3 is 24.6 Å². The molecule has 3 rings (SSSR count). The standard InChI is InChI=1S/C19H24N4O3/c1-22-8-10-23(11-9-22)19(24)16-6-4-14(13-20-16)21-17-12-15(25-2)5-7-18(17)26-3/h4-7,12-13,21H,8-11H2,1-3H3. The number of amides is 1. The summed E-state index contributed by atoms with van der Waals surface area (Å²) in [6, 6.07) is 9.10. The van der Waals surface area contributed by atoms with E-state index in [1.165, 1.54) is 0 Å². The maximum Gasteiger partial charge on any atom is 0.272 e. The number of carbonyl (C=O) groups is 1. The maximum absolute atomic E-state index is 12.5. The molecule has 1 aliphatic rings. The normalized spacial score (nSPS) is 14.8. The second-order valence-corrected chi connectivity index (χ2v) is 6.22. The van der Waals surface area contributed by atoms with E-state index in [0.29, 0.717) is 11.4 Å². The third-order valence-corrected chi connectivity index (χ3v) is 4.46. The summed E-state index contributed by atoms with van der Waals surface area (Å²) in [6.07, 6.45) is 1.65. The van der Waals surface area contributed by atoms with Gasteiger partial charge in [-0.15, -0.1) is 0 Å². The van der Waals surface area contributed by atoms with Crippen LogP contribution in [-0.2, 0) is 0 Å². The molecule has 138 valence electrons. The molecule has 1 fully saturated rings. The van der Waals surface area contributed by atoms with Gasteiger partial charge in [-0.25, -0.2) is 4.98 Å². The van der Waals surface area contributed by atoms with Gasteiger partial charge >= 0.3 is 0 Å². The first-order valence-electron chi connectivity index (χ1n) is 8.53. The van der Waals surface area contributed by atoms with Crippen molar-refractivity contribution < 1.29 is 14.3 Å². The number of piperazine rings is 1. The van der Waals surface area contributed by atoms with E-state index in [9.17, 15) is 4.79 Å². The number of methoxy groups -OCH3 is 2. The van der Waals surface area contributed by atoms with Gasteiger partial charge in [0.05, 0.1) is 31.8 Å². The Morgan fingerprint density at radius 2 is 1.85 bits per heavy atom. The highest BCUT2D eigenvalue weighted by Gasteiger charge is 2.21. The smallest absolute Gasteiger partial charge is 0.272 e. The van der Waals surface area contributed by atoms with Crippen LogP contribution in [0.25, 0.3) is 0 Å². The van der Waals surface area contributed by atoms with Crippen molar-refractivity contribution in [1.82, 2.24) is 14.8 Å². The molecule has 26 heavy (non-hydrogen) atoms. The third kappa shape index (κ3) is 4.05. The highest BCUT2D eigenvalue weighted by molar-refractivity contribution is 5.92. The van der Waals surface area contributed by atoms with Gasteiger partial charge in [0.2, 0.25) is 0 Å². The van der Waals surface area contributed by atoms with Crippen molar-refractivity contribution in [1.29, 1.82) is 0 Å². The second kappa shape index (κ2) is 8.05. The molecule has 0 saturated carbocycles. The summed E-state index contributed by atoms with van der Waals surface area (Å²) in [5.74, 6) is 1.40. The topological polar surface area (TPSA) is 66.9 Å². The predicted molar refractivity (Wildman–Crippen MR) is 100 cm³/mol. The van der Waals surface area contributed by atoms with Gasteiger partial charge in [0.25, 0.3) is 5.91 Å². The van der Waals surface area contributed by atoms with E-state index in [1.54, 1.807) is 26.5 Å². The third-order valence-electron chi connectivity index (χ3n) is 4.46. The van der Waals surface area contributed by atoms with Crippen LogP contribution in [0, 0.1) is 0 Å². The fourth-order valence-electron chi connectivity index (χ4n) is 2.83. The van der Waals surface area contributed by atoms with Crippen LogP contribution in [0.1, 0.15) is 10.5 Å². The highest BCUT2D eigenvalue weighted by Crippen LogP contribution is 2.31. The van der Waals surface area contributed by atoms with Crippen molar-refractivity contribution in [2.75, 3.05) is 52.8 Å². The van der Waals surface area contributed by atoms with Crippen molar-refractivity contribution in [3.05, 3.63) is 42.2 Å². The Morgan fingerprint density at radius 1 is 1.08 bits per heavy atom. The van der Waals surface area contributed by atoms with E-state index in [-0.39, 0.29) is 5.91 Å². The second-order valence-electron chi connectivity index (χ2n) is 6.22. The lowest BCUT2D eigenvalue weighted by Gasteiger charge is -2.32. The van der Waals surface area contributed by atoms with E-state index in [2.05, 4.69) is 22.2 Å². The number of aromatic nitrogens is 1. The summed E-state index contributed by atoms with van der Waals surface area (Å²) in [5, 5.41) is 3.25. The molecule has 7 heteroatoms. The number of likely N-dealkylation sites (N-methyl/N-ethyl adjacent to an activating group) is 1. The van der Waals surface area contributed by atoms with Crippen LogP contribution in [0.4, 0.5) is 11.4 Å². The molecular weight excluding hydrogens is 332 g/mol. The van der Waals surface area contributed by atoms with Crippen molar-refractivity contribution in [2.24, 2.45) is 0 Å². The summed E-state index contributed by atoms with van der Waals surface area (Å²) < 4.78 is 10.6. The van der Waals surface area contributed by atoms with Gasteiger partial charge in [0.15, 0.2) is 0 Å². The van der Waals surface area contributed by atoms with E-state index >= 15 is 0 Å². The highest BCUT2D eigenvalue weighted by atomic mass is 16.5. The zero-order valence-electron chi connectivity index (χ0n) is 15.4. The average Bonchev–Trinajstić information content (AvgIpc) is 2.68. The van der Waals surface area contributed by atoms with Crippen LogP contribution >= 0.6 is 0 Å². The number of anilines is 2. The molecule has 1 aliphatic heterocycles. The first-order chi connectivity index (χ1) is 12.6. The molecular formula is C19H24N4O3. The molecule has 1 amide bonds. The first-order valence-corrected chi connectivity index (χ1v) is 8.53. The van der Waals surface area contributed by atoms with Gasteiger partial charge in [0, 0.05) is 32.2 Å². The minimum absolute atomic E-state index is 0.0244. The molecule has 1 aromatic heterocycles. The van der Waals surface area contributed by atoms with E-state index < -0.39 is 0 Å². The fraction of sp³-hybridized carbons (Fsp3) is 0.368. The van der Waals surface area contributed by atoms with Crippen molar-refractivity contribution in [3.8, 4) is 11.5 Å². The Bertz CT molecular complexity index is 756. The summed E-state index contributed by atoms with van der Waals surface area (Å²) in [7, 11) is 5.29. The Hall–Kier alpha value is -2.80. The number of hydrogen-bond donors (Lipinski definition) is 1. The van der Waals surface area contributed by atoms with E-state index in [4.69, 9.17) is 9.47 Å². The van der Waals surface area contributed by atoms with Gasteiger partial charge in [-0.05, 0) is 31.3 Å². The molecule has 0 unspecified atom stereocenters. The molecule has 7 nitrogen and oxygen atoms in total. The Labute approximate surface area is 153 Å². The van der Waals surface area contributed by atoms with Crippen LogP contribution in [0.15, 0.2) is 36.5 Å². The maximum atomic E-state index is 12.5. The predicted octanol–water partition coefficient (Wildman–Crippen LogP) is 2.23. The summed E-state index contributed by atoms with van der Waals surface area (Å²) >= 11 is 0. The van der Waals surface area contributed by atoms with Gasteiger partial charge in [-0.2, -0.15) is 0 Å². The molecule has 0 radical (unpaired) electrons. The largest absolute Gasteiger partial charge is 0.497 e. The summed E-state index contributed by atoms with van der Waals surface area (Å²) in [5.41, 5.74) is 2.00. The lowest BCUT2D eigenvalue weighted by atomic mass is 10.2. The molecule has 0 bridgehead atoms. The van der Waals surface area contributed by atoms with Crippen molar-refractivity contribution >= 4 is 17.3 Å². The molecule has 0 atom stereocenters. The molecule has 1 saturated heterocycles. The van der Waals surface area contributed by atoms with Crippen LogP contribution in [0.3, 0.4) is 0 Å². The van der Waals surface area contributed by atoms with Crippen LogP contribution in [0.5, 0.6) is 11.5 Å². The molecule has 0 spiro atoms. The van der Waals surface area contributed by atoms with E-state index in [0.717, 1.165) is 43.3 Å². The van der Waals surface area contributed by atoms with Crippen molar-refractivity contribution in [3.63, 3.8) is 0 Å². The average molecular weight is 356 g/mol. The van der Waals surface area contributed by atoms with Gasteiger partial charge in [-0.1, -0.05) is 0 Å². The molecule has 1 N–H and O–H groups in total. The number of nitrogens with zero attached hydrogens (tertiary/aromatic N) is 3. The number of pyridine rings is 1. The summed E-state index contributed by atoms with van der Waals surface area (Å²) in [6.45, 7) is 3.25.